The molecule has 6 nitrogen and oxygen atoms in total. The van der Waals surface area contributed by atoms with Crippen molar-refractivity contribution in [2.75, 3.05) is 13.2 Å². The molecule has 0 rings (SSSR count). The van der Waals surface area contributed by atoms with Crippen LogP contribution in [-0.4, -0.2) is 37.2 Å². The van der Waals surface area contributed by atoms with E-state index in [0.29, 0.717) is 19.3 Å². The highest BCUT2D eigenvalue weighted by atomic mass is 16.6. The van der Waals surface area contributed by atoms with Gasteiger partial charge in [0, 0.05) is 19.3 Å². The lowest BCUT2D eigenvalue weighted by molar-refractivity contribution is -0.167. The SMILES string of the molecule is CC/C=C\C/C=C\C/C=C\CCCCCC(=O)OCC(COC(=O)CCCCCCCCCCCCCC/C=C\C/C=C\C/C=C\CCCCCCC)OC(=O)CCCCCCCCCCCCCCCC. The number of allylic oxidation sites excluding steroid dienone is 12. The number of rotatable bonds is 56. The van der Waals surface area contributed by atoms with Gasteiger partial charge in [-0.25, -0.2) is 0 Å². The van der Waals surface area contributed by atoms with Crippen LogP contribution in [0, 0.1) is 0 Å². The number of hydrogen-bond donors (Lipinski definition) is 0. The van der Waals surface area contributed by atoms with Gasteiger partial charge in [-0.15, -0.1) is 0 Å². The highest BCUT2D eigenvalue weighted by Crippen LogP contribution is 2.16. The van der Waals surface area contributed by atoms with Crippen molar-refractivity contribution in [1.82, 2.24) is 0 Å². The highest BCUT2D eigenvalue weighted by Gasteiger charge is 2.19. The van der Waals surface area contributed by atoms with Crippen LogP contribution in [-0.2, 0) is 28.6 Å². The minimum Gasteiger partial charge on any atom is -0.462 e. The molecule has 0 saturated carbocycles. The Morgan fingerprint density at radius 2 is 0.542 bits per heavy atom. The Balaban J connectivity index is 4.25. The summed E-state index contributed by atoms with van der Waals surface area (Å²) in [4.78, 5) is 38.2. The second kappa shape index (κ2) is 60.4. The van der Waals surface area contributed by atoms with Crippen LogP contribution in [0.5, 0.6) is 0 Å². The van der Waals surface area contributed by atoms with Crippen molar-refractivity contribution >= 4 is 17.9 Å². The summed E-state index contributed by atoms with van der Waals surface area (Å²) in [6.45, 7) is 6.52. The summed E-state index contributed by atoms with van der Waals surface area (Å²) in [7, 11) is 0. The zero-order valence-corrected chi connectivity index (χ0v) is 47.7. The summed E-state index contributed by atoms with van der Waals surface area (Å²) < 4.78 is 16.9. The van der Waals surface area contributed by atoms with Gasteiger partial charge >= 0.3 is 17.9 Å². The lowest BCUT2D eigenvalue weighted by Crippen LogP contribution is -2.30. The van der Waals surface area contributed by atoms with Crippen molar-refractivity contribution < 1.29 is 28.6 Å². The maximum atomic E-state index is 12.9. The van der Waals surface area contributed by atoms with Crippen molar-refractivity contribution in [3.05, 3.63) is 72.9 Å². The first-order valence-corrected chi connectivity index (χ1v) is 30.9. The van der Waals surface area contributed by atoms with Gasteiger partial charge in [-0.1, -0.05) is 273 Å². The fourth-order valence-electron chi connectivity index (χ4n) is 8.82. The smallest absolute Gasteiger partial charge is 0.306 e. The molecule has 0 radical (unpaired) electrons. The van der Waals surface area contributed by atoms with Gasteiger partial charge in [-0.2, -0.15) is 0 Å². The number of carbonyl (C=O) groups excluding carboxylic acids is 3. The van der Waals surface area contributed by atoms with Crippen LogP contribution in [0.3, 0.4) is 0 Å². The van der Waals surface area contributed by atoms with Crippen molar-refractivity contribution in [1.29, 1.82) is 0 Å². The molecule has 0 aliphatic carbocycles. The summed E-state index contributed by atoms with van der Waals surface area (Å²) in [5.41, 5.74) is 0. The second-order valence-electron chi connectivity index (χ2n) is 20.6. The van der Waals surface area contributed by atoms with E-state index in [-0.39, 0.29) is 31.1 Å². The maximum absolute atomic E-state index is 12.9. The summed E-state index contributed by atoms with van der Waals surface area (Å²) >= 11 is 0. The Bertz CT molecular complexity index is 1340. The lowest BCUT2D eigenvalue weighted by atomic mass is 10.0. The van der Waals surface area contributed by atoms with Crippen molar-refractivity contribution in [2.24, 2.45) is 0 Å². The Kier molecular flexibility index (Phi) is 57.8. The summed E-state index contributed by atoms with van der Waals surface area (Å²) in [5, 5.41) is 0. The average Bonchev–Trinajstić information content (AvgIpc) is 3.38. The van der Waals surface area contributed by atoms with Crippen LogP contribution >= 0.6 is 0 Å². The predicted octanol–water partition coefficient (Wildman–Crippen LogP) is 20.9. The molecule has 1 atom stereocenters. The number of unbranched alkanes of at least 4 members (excludes halogenated alkanes) is 33. The van der Waals surface area contributed by atoms with E-state index in [1.54, 1.807) is 0 Å². The third kappa shape index (κ3) is 57.7. The molecule has 0 heterocycles. The van der Waals surface area contributed by atoms with Gasteiger partial charge in [-0.05, 0) is 89.9 Å². The number of carbonyl (C=O) groups is 3. The molecule has 0 N–H and O–H groups in total. The van der Waals surface area contributed by atoms with E-state index in [2.05, 4.69) is 93.7 Å². The molecule has 0 bridgehead atoms. The minimum atomic E-state index is -0.786. The molecule has 0 spiro atoms. The van der Waals surface area contributed by atoms with Gasteiger partial charge < -0.3 is 14.2 Å². The average molecular weight is 1010 g/mol. The maximum Gasteiger partial charge on any atom is 0.306 e. The van der Waals surface area contributed by atoms with Gasteiger partial charge in [0.25, 0.3) is 0 Å². The fourth-order valence-corrected chi connectivity index (χ4v) is 8.82. The zero-order valence-electron chi connectivity index (χ0n) is 47.7. The van der Waals surface area contributed by atoms with Gasteiger partial charge in [-0.3, -0.25) is 14.4 Å². The zero-order chi connectivity index (χ0) is 52.2. The standard InChI is InChI=1S/C66H116O6/c1-4-7-10-13-16-19-22-25-27-28-29-30-31-32-33-34-35-36-37-38-39-42-44-47-50-53-56-59-65(68)71-62-63(61-70-64(67)58-55-52-49-46-43-40-24-21-18-15-12-9-6-3)72-66(69)60-57-54-51-48-45-41-26-23-20-17-14-11-8-5-2/h9,12,18,21-22,25,28-29,31-32,40,43,63H,4-8,10-11,13-17,19-20,23-24,26-27,30,33-39,41-42,44-62H2,1-3H3/b12-9-,21-18-,25-22-,29-28-,32-31-,43-40-. The normalized spacial score (nSPS) is 12.5. The van der Waals surface area contributed by atoms with E-state index in [1.165, 1.54) is 173 Å². The molecule has 416 valence electrons. The molecular formula is C66H116O6. The van der Waals surface area contributed by atoms with Gasteiger partial charge in [0.15, 0.2) is 6.10 Å². The second-order valence-corrected chi connectivity index (χ2v) is 20.6. The van der Waals surface area contributed by atoms with E-state index < -0.39 is 6.10 Å². The molecule has 1 unspecified atom stereocenters. The largest absolute Gasteiger partial charge is 0.462 e. The van der Waals surface area contributed by atoms with Crippen LogP contribution in [0.2, 0.25) is 0 Å². The molecule has 0 amide bonds. The number of hydrogen-bond acceptors (Lipinski definition) is 6. The molecule has 0 aromatic rings. The quantitative estimate of drug-likeness (QED) is 0.0261. The third-order valence-electron chi connectivity index (χ3n) is 13.4. The van der Waals surface area contributed by atoms with Crippen LogP contribution < -0.4 is 0 Å². The monoisotopic (exact) mass is 1000 g/mol. The van der Waals surface area contributed by atoms with Crippen LogP contribution in [0.15, 0.2) is 72.9 Å². The van der Waals surface area contributed by atoms with Crippen LogP contribution in [0.1, 0.15) is 310 Å². The first-order valence-electron chi connectivity index (χ1n) is 30.9. The summed E-state index contributed by atoms with van der Waals surface area (Å²) in [6, 6.07) is 0. The fraction of sp³-hybridized carbons (Fsp3) is 0.773. The molecular weight excluding hydrogens is 889 g/mol. The van der Waals surface area contributed by atoms with Crippen LogP contribution in [0.25, 0.3) is 0 Å². The van der Waals surface area contributed by atoms with E-state index >= 15 is 0 Å². The first kappa shape index (κ1) is 68.8. The summed E-state index contributed by atoms with van der Waals surface area (Å²) in [6.07, 6.45) is 77.7. The highest BCUT2D eigenvalue weighted by molar-refractivity contribution is 5.71. The van der Waals surface area contributed by atoms with E-state index in [4.69, 9.17) is 14.2 Å². The predicted molar refractivity (Wildman–Crippen MR) is 311 cm³/mol. The lowest BCUT2D eigenvalue weighted by Gasteiger charge is -2.18. The first-order chi connectivity index (χ1) is 35.5. The summed E-state index contributed by atoms with van der Waals surface area (Å²) in [5.74, 6) is -0.903. The molecule has 6 heteroatoms. The van der Waals surface area contributed by atoms with E-state index in [9.17, 15) is 14.4 Å². The molecule has 0 aliphatic heterocycles. The van der Waals surface area contributed by atoms with Gasteiger partial charge in [0.05, 0.1) is 0 Å². The number of esters is 3. The molecule has 0 aliphatic rings. The molecule has 0 saturated heterocycles. The molecule has 72 heavy (non-hydrogen) atoms. The van der Waals surface area contributed by atoms with Crippen LogP contribution in [0.4, 0.5) is 0 Å². The third-order valence-corrected chi connectivity index (χ3v) is 13.4. The van der Waals surface area contributed by atoms with Crippen molar-refractivity contribution in [2.45, 2.75) is 316 Å². The van der Waals surface area contributed by atoms with E-state index in [1.807, 2.05) is 0 Å². The van der Waals surface area contributed by atoms with E-state index in [0.717, 1.165) is 96.3 Å². The van der Waals surface area contributed by atoms with Crippen molar-refractivity contribution in [3.63, 3.8) is 0 Å². The van der Waals surface area contributed by atoms with Gasteiger partial charge in [0.1, 0.15) is 13.2 Å². The van der Waals surface area contributed by atoms with Gasteiger partial charge in [0.2, 0.25) is 0 Å². The molecule has 0 aromatic heterocycles. The Hall–Kier alpha value is -3.15. The van der Waals surface area contributed by atoms with Crippen molar-refractivity contribution in [3.8, 4) is 0 Å². The Morgan fingerprint density at radius 3 is 0.861 bits per heavy atom. The Labute approximate surface area is 446 Å². The Morgan fingerprint density at radius 1 is 0.292 bits per heavy atom. The topological polar surface area (TPSA) is 78.9 Å². The minimum absolute atomic E-state index is 0.0831. The number of ether oxygens (including phenoxy) is 3. The molecule has 0 fully saturated rings. The molecule has 0 aromatic carbocycles.